The molecule has 518 valence electrons. The summed E-state index contributed by atoms with van der Waals surface area (Å²) in [4.78, 5) is 44.3. The molecular weight excluding hydrogens is 1270 g/mol. The maximum Gasteiger partial charge on any atom is 0.140 e. The van der Waals surface area contributed by atoms with Gasteiger partial charge in [-0.15, -0.1) is 11.3 Å². The second-order valence-electron chi connectivity index (χ2n) is 26.9. The van der Waals surface area contributed by atoms with Gasteiger partial charge in [0.15, 0.2) is 0 Å². The zero-order valence-corrected chi connectivity index (χ0v) is 61.7. The summed E-state index contributed by atoms with van der Waals surface area (Å²) in [7, 11) is 0. The molecule has 6 nitrogen and oxygen atoms in total. The Kier molecular flexibility index (Phi) is 29.1. The number of ketones is 4. The van der Waals surface area contributed by atoms with Crippen LogP contribution in [0.1, 0.15) is 131 Å². The van der Waals surface area contributed by atoms with Crippen molar-refractivity contribution in [2.45, 2.75) is 125 Å². The van der Waals surface area contributed by atoms with Crippen LogP contribution in [0.25, 0.3) is 48.1 Å². The molecule has 0 N–H and O–H groups in total. The van der Waals surface area contributed by atoms with E-state index in [4.69, 9.17) is 4.74 Å². The smallest absolute Gasteiger partial charge is 0.140 e. The van der Waals surface area contributed by atoms with Crippen LogP contribution in [-0.2, 0) is 63.2 Å². The van der Waals surface area contributed by atoms with E-state index in [1.165, 1.54) is 87.1 Å². The van der Waals surface area contributed by atoms with Crippen molar-refractivity contribution in [3.8, 4) is 11.5 Å². The number of carbonyl (C=O) groups excluding carboxylic acids is 4. The predicted molar refractivity (Wildman–Crippen MR) is 434 cm³/mol. The molecule has 0 atom stereocenters. The summed E-state index contributed by atoms with van der Waals surface area (Å²) in [6.07, 6.45) is 7.75. The Hall–Kier alpha value is -10.9. The molecule has 0 radical (unpaired) electrons. The van der Waals surface area contributed by atoms with Crippen LogP contribution in [0, 0.1) is 0 Å². The Morgan fingerprint density at radius 2 is 0.941 bits per heavy atom. The minimum absolute atomic E-state index is 0.0960. The van der Waals surface area contributed by atoms with Gasteiger partial charge in [-0.3, -0.25) is 19.2 Å². The summed E-state index contributed by atoms with van der Waals surface area (Å²) >= 11 is 1.81. The van der Waals surface area contributed by atoms with Crippen LogP contribution < -0.4 is 4.74 Å². The molecule has 1 aliphatic rings. The maximum absolute atomic E-state index is 11.3. The second kappa shape index (κ2) is 38.6. The zero-order chi connectivity index (χ0) is 73.0. The van der Waals surface area contributed by atoms with Gasteiger partial charge in [-0.1, -0.05) is 287 Å². The quantitative estimate of drug-likeness (QED) is 0.0800. The summed E-state index contributed by atoms with van der Waals surface area (Å²) in [5, 5.41) is 9.98. The average molecular weight is 1360 g/mol. The number of carbonyl (C=O) groups is 4. The number of hydrogen-bond donors (Lipinski definition) is 0. The summed E-state index contributed by atoms with van der Waals surface area (Å²) < 4.78 is 9.43. The lowest BCUT2D eigenvalue weighted by Crippen LogP contribution is -2.16. The number of thiophene rings is 1. The number of ether oxygens (including phenoxy) is 1. The van der Waals surface area contributed by atoms with Crippen molar-refractivity contribution in [1.29, 1.82) is 0 Å². The molecule has 13 aromatic rings. The number of hydrogen-bond acceptors (Lipinski definition) is 6. The number of aromatic nitrogens is 1. The Morgan fingerprint density at radius 3 is 1.55 bits per heavy atom. The summed E-state index contributed by atoms with van der Waals surface area (Å²) in [6, 6.07) is 92.4. The topological polar surface area (TPSA) is 82.4 Å². The molecule has 0 unspecified atom stereocenters. The molecule has 0 amide bonds. The number of benzene rings is 11. The molecule has 11 aromatic carbocycles. The third-order valence-electron chi connectivity index (χ3n) is 17.4. The maximum atomic E-state index is 11.3. The summed E-state index contributed by atoms with van der Waals surface area (Å²) in [6.45, 7) is 29.9. The van der Waals surface area contributed by atoms with Gasteiger partial charge in [0.1, 0.15) is 34.6 Å². The van der Waals surface area contributed by atoms with Crippen molar-refractivity contribution in [2.75, 3.05) is 0 Å². The fourth-order valence-corrected chi connectivity index (χ4v) is 13.0. The van der Waals surface area contributed by atoms with E-state index in [1.807, 2.05) is 114 Å². The fourth-order valence-electron chi connectivity index (χ4n) is 12.1. The van der Waals surface area contributed by atoms with E-state index in [1.54, 1.807) is 27.7 Å². The van der Waals surface area contributed by atoms with Gasteiger partial charge in [0, 0.05) is 58.7 Å². The largest absolute Gasteiger partial charge is 0.457 e. The van der Waals surface area contributed by atoms with Crippen molar-refractivity contribution in [3.63, 3.8) is 0 Å². The third-order valence-corrected chi connectivity index (χ3v) is 18.4. The van der Waals surface area contributed by atoms with E-state index >= 15 is 0 Å². The minimum atomic E-state index is -0.0960. The van der Waals surface area contributed by atoms with E-state index in [0.717, 1.165) is 66.0 Å². The first kappa shape index (κ1) is 76.9. The molecule has 14 rings (SSSR count). The molecule has 0 spiro atoms. The molecule has 102 heavy (non-hydrogen) atoms. The van der Waals surface area contributed by atoms with Crippen LogP contribution in [0.3, 0.4) is 0 Å². The lowest BCUT2D eigenvalue weighted by atomic mass is 9.92. The molecule has 7 heteroatoms. The van der Waals surface area contributed by atoms with Gasteiger partial charge < -0.3 is 9.30 Å². The highest BCUT2D eigenvalue weighted by Crippen LogP contribution is 2.48. The van der Waals surface area contributed by atoms with Crippen molar-refractivity contribution in [3.05, 3.63) is 366 Å². The van der Waals surface area contributed by atoms with Gasteiger partial charge in [-0.05, 0) is 187 Å². The van der Waals surface area contributed by atoms with E-state index < -0.39 is 0 Å². The number of rotatable bonds is 18. The van der Waals surface area contributed by atoms with Gasteiger partial charge in [-0.25, -0.2) is 0 Å². The Balaban J connectivity index is 0.000000152. The number of para-hydroxylation sites is 3. The average Bonchev–Trinajstić information content (AvgIpc) is 1.62. The Morgan fingerprint density at radius 1 is 0.441 bits per heavy atom. The lowest BCUT2D eigenvalue weighted by Gasteiger charge is -2.10. The summed E-state index contributed by atoms with van der Waals surface area (Å²) in [5.41, 5.74) is 15.7. The zero-order valence-electron chi connectivity index (χ0n) is 60.9. The van der Waals surface area contributed by atoms with Gasteiger partial charge in [0.05, 0.1) is 5.41 Å². The molecule has 0 saturated heterocycles. The highest BCUT2D eigenvalue weighted by atomic mass is 32.1. The predicted octanol–water partition coefficient (Wildman–Crippen LogP) is 24.5. The molecule has 1 fully saturated rings. The number of Topliss-reactive ketones (excluding diaryl/α,β-unsaturated/α-hetero) is 4. The first-order valence-corrected chi connectivity index (χ1v) is 35.9. The molecule has 2 aromatic heterocycles. The van der Waals surface area contributed by atoms with Crippen molar-refractivity contribution in [2.24, 2.45) is 0 Å². The summed E-state index contributed by atoms with van der Waals surface area (Å²) in [5.74, 6) is 2.96. The van der Waals surface area contributed by atoms with Crippen LogP contribution in [0.5, 0.6) is 11.5 Å². The van der Waals surface area contributed by atoms with Gasteiger partial charge >= 0.3 is 0 Å². The van der Waals surface area contributed by atoms with Crippen molar-refractivity contribution >= 4 is 82.6 Å². The van der Waals surface area contributed by atoms with Crippen molar-refractivity contribution < 1.29 is 23.9 Å². The van der Waals surface area contributed by atoms with E-state index in [0.29, 0.717) is 31.0 Å². The molecule has 2 heterocycles. The molecular formula is C95H97NO5S. The molecule has 1 aliphatic carbocycles. The SMILES string of the molecule is C=C(C)Cc1cccc2ccccc12.C=C(C)Cc1csc2ccccc12.C=C(C)c1cn(Cc2ccccc2)c2ccccc12.CC(=O)C1(c2ccccc2)CC1.CC(=O)Cc1ccc(C(C)C)cc1.CC(=O)Cc1ccc2ccccc2c1.CC(=O)Cc1ccccc1Oc1ccccc1. The first-order valence-electron chi connectivity index (χ1n) is 35.1. The van der Waals surface area contributed by atoms with Crippen LogP contribution in [0.15, 0.2) is 315 Å². The lowest BCUT2D eigenvalue weighted by molar-refractivity contribution is -0.119. The first-order chi connectivity index (χ1) is 49.2. The van der Waals surface area contributed by atoms with Gasteiger partial charge in [0.25, 0.3) is 0 Å². The van der Waals surface area contributed by atoms with Crippen LogP contribution in [0.2, 0.25) is 0 Å². The normalized spacial score (nSPS) is 11.4. The molecule has 1 saturated carbocycles. The van der Waals surface area contributed by atoms with Gasteiger partial charge in [-0.2, -0.15) is 0 Å². The second-order valence-corrected chi connectivity index (χ2v) is 27.8. The van der Waals surface area contributed by atoms with Gasteiger partial charge in [0.2, 0.25) is 0 Å². The monoisotopic (exact) mass is 1360 g/mol. The van der Waals surface area contributed by atoms with Crippen LogP contribution in [0.4, 0.5) is 0 Å². The Labute approximate surface area is 609 Å². The van der Waals surface area contributed by atoms with Crippen LogP contribution in [-0.4, -0.2) is 27.7 Å². The standard InChI is InChI=1S/C18H17N.C15H14O2.C14H14.C13H12O.C12H16O.C12H12S.C11H12O/c1-14(2)17-13-19(12-15-8-4-3-5-9-15)18-11-7-6-10-16(17)18;1-12(16)11-13-7-5-6-10-15(13)17-14-8-3-2-4-9-14;1-11(2)10-13-8-5-7-12-6-3-4-9-14(12)13;1-10(14)8-11-6-7-12-4-2-3-5-13(12)9-11;1-9(2)12-6-4-11(5-7-12)8-10(3)13;1-9(2)7-10-8-13-12-6-4-3-5-11(10)12;1-9(12)11(7-8-11)10-5-3-2-4-6-10/h3-11,13H,1,12H2,2H3;2-10H,11H2,1H3;3-9H,1,10H2,2H3;2-7,9H,8H2,1H3;4-7,9H,8H2,1-3H3;3-6,8H,1,7H2,2H3;2-6H,7-8H2,1H3. The highest BCUT2D eigenvalue weighted by molar-refractivity contribution is 7.17. The number of nitrogens with zero attached hydrogens (tertiary/aromatic N) is 1. The van der Waals surface area contributed by atoms with E-state index in [-0.39, 0.29) is 22.8 Å². The molecule has 0 aliphatic heterocycles. The number of fused-ring (bicyclic) bond motifs is 4. The fraction of sp³-hybridized carbons (Fsp3) is 0.200. The van der Waals surface area contributed by atoms with Crippen LogP contribution >= 0.6 is 11.3 Å². The van der Waals surface area contributed by atoms with E-state index in [2.05, 4.69) is 240 Å². The number of allylic oxidation sites excluding steroid dienone is 3. The van der Waals surface area contributed by atoms with Crippen molar-refractivity contribution in [1.82, 2.24) is 4.57 Å². The molecule has 0 bridgehead atoms. The minimum Gasteiger partial charge on any atom is -0.457 e. The highest BCUT2D eigenvalue weighted by Gasteiger charge is 2.48. The van der Waals surface area contributed by atoms with E-state index in [9.17, 15) is 19.2 Å². The third kappa shape index (κ3) is 23.6. The Bertz CT molecular complexity index is 4900.